The standard InChI is InChI=1S/C8H8BrClN4/c9-6-2-1-5(7(10)3-6)4-13-14-8(11)12/h1-4H,(H4,11,12,14)/b13-4+. The first kappa shape index (κ1) is 11.0. The van der Waals surface area contributed by atoms with E-state index in [0.717, 1.165) is 10.0 Å². The average molecular weight is 276 g/mol. The van der Waals surface area contributed by atoms with Gasteiger partial charge >= 0.3 is 0 Å². The summed E-state index contributed by atoms with van der Waals surface area (Å²) in [5.74, 6) is -0.0884. The van der Waals surface area contributed by atoms with Gasteiger partial charge in [0.2, 0.25) is 5.96 Å². The Morgan fingerprint density at radius 2 is 2.14 bits per heavy atom. The Kier molecular flexibility index (Phi) is 3.91. The van der Waals surface area contributed by atoms with E-state index in [1.165, 1.54) is 6.21 Å². The molecule has 0 unspecified atom stereocenters. The monoisotopic (exact) mass is 274 g/mol. The molecule has 4 nitrogen and oxygen atoms in total. The molecule has 0 saturated carbocycles. The van der Waals surface area contributed by atoms with E-state index < -0.39 is 0 Å². The smallest absolute Gasteiger partial charge is 0.211 e. The van der Waals surface area contributed by atoms with Gasteiger partial charge in [-0.1, -0.05) is 33.6 Å². The maximum Gasteiger partial charge on any atom is 0.211 e. The summed E-state index contributed by atoms with van der Waals surface area (Å²) < 4.78 is 0.904. The summed E-state index contributed by atoms with van der Waals surface area (Å²) in [7, 11) is 0. The Morgan fingerprint density at radius 1 is 1.43 bits per heavy atom. The fourth-order valence-corrected chi connectivity index (χ4v) is 1.49. The fourth-order valence-electron chi connectivity index (χ4n) is 0.764. The second-order valence-corrected chi connectivity index (χ2v) is 3.76. The minimum atomic E-state index is -0.0884. The van der Waals surface area contributed by atoms with Crippen molar-refractivity contribution in [1.29, 1.82) is 0 Å². The van der Waals surface area contributed by atoms with Gasteiger partial charge in [0, 0.05) is 10.0 Å². The van der Waals surface area contributed by atoms with Gasteiger partial charge in [0.05, 0.1) is 11.2 Å². The van der Waals surface area contributed by atoms with E-state index in [2.05, 4.69) is 26.1 Å². The quantitative estimate of drug-likeness (QED) is 0.490. The van der Waals surface area contributed by atoms with Crippen molar-refractivity contribution in [3.05, 3.63) is 33.3 Å². The van der Waals surface area contributed by atoms with Gasteiger partial charge in [0.25, 0.3) is 0 Å². The van der Waals surface area contributed by atoms with Gasteiger partial charge in [-0.2, -0.15) is 5.10 Å². The van der Waals surface area contributed by atoms with Gasteiger partial charge < -0.3 is 11.5 Å². The first-order valence-electron chi connectivity index (χ1n) is 3.66. The van der Waals surface area contributed by atoms with Crippen molar-refractivity contribution in [2.45, 2.75) is 0 Å². The first-order valence-corrected chi connectivity index (χ1v) is 4.83. The van der Waals surface area contributed by atoms with Gasteiger partial charge in [-0.05, 0) is 12.1 Å². The van der Waals surface area contributed by atoms with Crippen molar-refractivity contribution >= 4 is 39.7 Å². The van der Waals surface area contributed by atoms with Crippen molar-refractivity contribution in [2.24, 2.45) is 21.7 Å². The average Bonchev–Trinajstić information content (AvgIpc) is 2.08. The normalized spacial score (nSPS) is 10.4. The van der Waals surface area contributed by atoms with Crippen molar-refractivity contribution in [2.75, 3.05) is 0 Å². The fraction of sp³-hybridized carbons (Fsp3) is 0. The molecule has 0 spiro atoms. The molecule has 1 aromatic carbocycles. The molecule has 1 aromatic rings. The topological polar surface area (TPSA) is 76.8 Å². The first-order chi connectivity index (χ1) is 6.59. The number of hydrogen-bond acceptors (Lipinski definition) is 2. The highest BCUT2D eigenvalue weighted by atomic mass is 79.9. The lowest BCUT2D eigenvalue weighted by Crippen LogP contribution is -2.21. The Balaban J connectivity index is 2.87. The van der Waals surface area contributed by atoms with Crippen LogP contribution in [0.1, 0.15) is 5.56 Å². The highest BCUT2D eigenvalue weighted by Gasteiger charge is 1.96. The van der Waals surface area contributed by atoms with Crippen LogP contribution in [0.5, 0.6) is 0 Å². The third-order valence-corrected chi connectivity index (χ3v) is 2.15. The minimum absolute atomic E-state index is 0.0884. The molecule has 4 N–H and O–H groups in total. The summed E-state index contributed by atoms with van der Waals surface area (Å²) in [5, 5.41) is 7.68. The minimum Gasteiger partial charge on any atom is -0.369 e. The van der Waals surface area contributed by atoms with Crippen LogP contribution in [-0.2, 0) is 0 Å². The predicted octanol–water partition coefficient (Wildman–Crippen LogP) is 1.71. The Labute approximate surface area is 94.8 Å². The molecule has 0 saturated heterocycles. The molecular formula is C8H8BrClN4. The van der Waals surface area contributed by atoms with Crippen LogP contribution in [0.3, 0.4) is 0 Å². The van der Waals surface area contributed by atoms with E-state index >= 15 is 0 Å². The van der Waals surface area contributed by atoms with Crippen LogP contribution in [0, 0.1) is 0 Å². The van der Waals surface area contributed by atoms with E-state index in [0.29, 0.717) is 5.02 Å². The maximum absolute atomic E-state index is 5.91. The number of rotatable bonds is 2. The van der Waals surface area contributed by atoms with Gasteiger partial charge in [-0.25, -0.2) is 0 Å². The molecule has 0 radical (unpaired) electrons. The molecule has 0 aliphatic rings. The van der Waals surface area contributed by atoms with Gasteiger partial charge in [0.15, 0.2) is 0 Å². The molecule has 74 valence electrons. The van der Waals surface area contributed by atoms with Crippen LogP contribution in [-0.4, -0.2) is 12.2 Å². The summed E-state index contributed by atoms with van der Waals surface area (Å²) in [6.45, 7) is 0. The zero-order chi connectivity index (χ0) is 10.6. The molecule has 0 atom stereocenters. The highest BCUT2D eigenvalue weighted by molar-refractivity contribution is 9.10. The summed E-state index contributed by atoms with van der Waals surface area (Å²) in [6.07, 6.45) is 1.48. The van der Waals surface area contributed by atoms with Crippen molar-refractivity contribution in [3.63, 3.8) is 0 Å². The number of nitrogens with two attached hydrogens (primary N) is 2. The molecule has 0 fully saturated rings. The van der Waals surface area contributed by atoms with E-state index in [-0.39, 0.29) is 5.96 Å². The SMILES string of the molecule is NC(N)=N/N=C/c1ccc(Br)cc1Cl. The Morgan fingerprint density at radius 3 is 2.71 bits per heavy atom. The number of halogens is 2. The van der Waals surface area contributed by atoms with Gasteiger partial charge in [0.1, 0.15) is 0 Å². The lowest BCUT2D eigenvalue weighted by Gasteiger charge is -1.96. The van der Waals surface area contributed by atoms with E-state index in [1.807, 2.05) is 6.07 Å². The maximum atomic E-state index is 5.91. The van der Waals surface area contributed by atoms with E-state index in [4.69, 9.17) is 23.1 Å². The molecule has 0 amide bonds. The third-order valence-electron chi connectivity index (χ3n) is 1.33. The largest absolute Gasteiger partial charge is 0.369 e. The van der Waals surface area contributed by atoms with Gasteiger partial charge in [-0.15, -0.1) is 5.10 Å². The van der Waals surface area contributed by atoms with Crippen molar-refractivity contribution in [1.82, 2.24) is 0 Å². The van der Waals surface area contributed by atoms with Crippen LogP contribution in [0.4, 0.5) is 0 Å². The number of nitrogens with zero attached hydrogens (tertiary/aromatic N) is 2. The zero-order valence-electron chi connectivity index (χ0n) is 7.11. The number of benzene rings is 1. The summed E-state index contributed by atoms with van der Waals surface area (Å²) in [4.78, 5) is 0. The molecule has 0 bridgehead atoms. The summed E-state index contributed by atoms with van der Waals surface area (Å²) in [6, 6.07) is 5.42. The summed E-state index contributed by atoms with van der Waals surface area (Å²) in [5.41, 5.74) is 10.9. The van der Waals surface area contributed by atoms with Crippen LogP contribution < -0.4 is 11.5 Å². The molecule has 0 aromatic heterocycles. The number of guanidine groups is 1. The molecule has 14 heavy (non-hydrogen) atoms. The van der Waals surface area contributed by atoms with Crippen LogP contribution in [0.2, 0.25) is 5.02 Å². The number of hydrogen-bond donors (Lipinski definition) is 2. The zero-order valence-corrected chi connectivity index (χ0v) is 9.46. The van der Waals surface area contributed by atoms with Crippen LogP contribution in [0.15, 0.2) is 32.9 Å². The molecule has 0 aliphatic carbocycles. The molecule has 0 aliphatic heterocycles. The Bertz CT molecular complexity index is 385. The van der Waals surface area contributed by atoms with Gasteiger partial charge in [-0.3, -0.25) is 0 Å². The second-order valence-electron chi connectivity index (χ2n) is 2.44. The third kappa shape index (κ3) is 3.35. The van der Waals surface area contributed by atoms with Crippen LogP contribution in [0.25, 0.3) is 0 Å². The van der Waals surface area contributed by atoms with E-state index in [9.17, 15) is 0 Å². The molecule has 6 heteroatoms. The summed E-state index contributed by atoms with van der Waals surface area (Å²) >= 11 is 9.20. The molecule has 0 heterocycles. The van der Waals surface area contributed by atoms with Crippen molar-refractivity contribution < 1.29 is 0 Å². The lowest BCUT2D eigenvalue weighted by atomic mass is 10.2. The Hall–Kier alpha value is -1.07. The van der Waals surface area contributed by atoms with Crippen molar-refractivity contribution in [3.8, 4) is 0 Å². The molecule has 1 rings (SSSR count). The van der Waals surface area contributed by atoms with E-state index in [1.54, 1.807) is 12.1 Å². The highest BCUT2D eigenvalue weighted by Crippen LogP contribution is 2.19. The lowest BCUT2D eigenvalue weighted by molar-refractivity contribution is 1.21. The second kappa shape index (κ2) is 4.97. The predicted molar refractivity (Wildman–Crippen MR) is 62.6 cm³/mol. The molecular weight excluding hydrogens is 267 g/mol. The van der Waals surface area contributed by atoms with Crippen LogP contribution >= 0.6 is 27.5 Å².